The molecule has 0 fully saturated rings. The maximum Gasteiger partial charge on any atom is 0.175 e. The molecular formula is C11H12N4O2S. The molecule has 1 aromatic carbocycles. The van der Waals surface area contributed by atoms with Gasteiger partial charge in [0.25, 0.3) is 0 Å². The van der Waals surface area contributed by atoms with Crippen molar-refractivity contribution in [1.82, 2.24) is 15.2 Å². The zero-order chi connectivity index (χ0) is 13.3. The van der Waals surface area contributed by atoms with Gasteiger partial charge in [0, 0.05) is 11.8 Å². The van der Waals surface area contributed by atoms with Gasteiger partial charge in [-0.1, -0.05) is 12.1 Å². The molecule has 0 saturated heterocycles. The van der Waals surface area contributed by atoms with Crippen molar-refractivity contribution in [2.75, 3.05) is 12.0 Å². The lowest BCUT2D eigenvalue weighted by Crippen LogP contribution is -2.02. The van der Waals surface area contributed by atoms with Crippen molar-refractivity contribution in [1.29, 1.82) is 0 Å². The SMILES string of the molecule is Cc1nnc(-c2ccc(S(C)(=O)=O)cc2)c(N)n1. The first-order valence-corrected chi connectivity index (χ1v) is 7.04. The Labute approximate surface area is 105 Å². The molecule has 0 unspecified atom stereocenters. The Morgan fingerprint density at radius 2 is 1.72 bits per heavy atom. The molecule has 0 atom stereocenters. The first kappa shape index (κ1) is 12.4. The molecule has 0 bridgehead atoms. The Balaban J connectivity index is 2.47. The summed E-state index contributed by atoms with van der Waals surface area (Å²) in [6, 6.07) is 6.28. The number of nitrogens with zero attached hydrogens (tertiary/aromatic N) is 3. The topological polar surface area (TPSA) is 98.8 Å². The summed E-state index contributed by atoms with van der Waals surface area (Å²) >= 11 is 0. The summed E-state index contributed by atoms with van der Waals surface area (Å²) in [5.74, 6) is 0.763. The molecule has 2 aromatic rings. The van der Waals surface area contributed by atoms with Crippen LogP contribution in [0.5, 0.6) is 0 Å². The second kappa shape index (κ2) is 4.34. The Hall–Kier alpha value is -2.02. The average molecular weight is 264 g/mol. The molecular weight excluding hydrogens is 252 g/mol. The van der Waals surface area contributed by atoms with Gasteiger partial charge in [0.2, 0.25) is 0 Å². The van der Waals surface area contributed by atoms with Gasteiger partial charge in [0.15, 0.2) is 15.7 Å². The number of hydrogen-bond donors (Lipinski definition) is 1. The van der Waals surface area contributed by atoms with Gasteiger partial charge in [0.05, 0.1) is 4.90 Å². The number of rotatable bonds is 2. The number of nitrogens with two attached hydrogens (primary N) is 1. The Morgan fingerprint density at radius 3 is 2.22 bits per heavy atom. The smallest absolute Gasteiger partial charge is 0.175 e. The van der Waals surface area contributed by atoms with Gasteiger partial charge in [0.1, 0.15) is 11.5 Å². The normalized spacial score (nSPS) is 11.4. The monoisotopic (exact) mass is 264 g/mol. The van der Waals surface area contributed by atoms with E-state index >= 15 is 0 Å². The Bertz CT molecular complexity index is 681. The van der Waals surface area contributed by atoms with Crippen LogP contribution in [0.1, 0.15) is 5.82 Å². The molecule has 18 heavy (non-hydrogen) atoms. The fraction of sp³-hybridized carbons (Fsp3) is 0.182. The molecule has 0 radical (unpaired) electrons. The first-order valence-electron chi connectivity index (χ1n) is 5.15. The molecule has 7 heteroatoms. The van der Waals surface area contributed by atoms with E-state index in [9.17, 15) is 8.42 Å². The summed E-state index contributed by atoms with van der Waals surface area (Å²) in [5, 5.41) is 7.78. The number of anilines is 1. The lowest BCUT2D eigenvalue weighted by Gasteiger charge is -2.04. The second-order valence-electron chi connectivity index (χ2n) is 3.89. The van der Waals surface area contributed by atoms with Crippen molar-refractivity contribution in [3.05, 3.63) is 30.1 Å². The minimum atomic E-state index is -3.20. The third kappa shape index (κ3) is 2.45. The zero-order valence-electron chi connectivity index (χ0n) is 9.95. The van der Waals surface area contributed by atoms with Crippen molar-refractivity contribution in [3.63, 3.8) is 0 Å². The summed E-state index contributed by atoms with van der Waals surface area (Å²) in [7, 11) is -3.20. The maximum atomic E-state index is 11.3. The molecule has 2 N–H and O–H groups in total. The molecule has 0 saturated carbocycles. The lowest BCUT2D eigenvalue weighted by atomic mass is 10.1. The van der Waals surface area contributed by atoms with E-state index in [1.165, 1.54) is 12.1 Å². The number of benzene rings is 1. The van der Waals surface area contributed by atoms with Crippen molar-refractivity contribution in [3.8, 4) is 11.3 Å². The van der Waals surface area contributed by atoms with E-state index in [0.29, 0.717) is 17.1 Å². The largest absolute Gasteiger partial charge is 0.382 e. The third-order valence-corrected chi connectivity index (χ3v) is 3.50. The van der Waals surface area contributed by atoms with Gasteiger partial charge in [-0.2, -0.15) is 0 Å². The number of aryl methyl sites for hydroxylation is 1. The standard InChI is InChI=1S/C11H12N4O2S/c1-7-13-11(12)10(15-14-7)8-3-5-9(6-4-8)18(2,16)17/h3-6H,1-2H3,(H2,12,13,14). The van der Waals surface area contributed by atoms with Crippen LogP contribution in [0.25, 0.3) is 11.3 Å². The van der Waals surface area contributed by atoms with Gasteiger partial charge >= 0.3 is 0 Å². The lowest BCUT2D eigenvalue weighted by molar-refractivity contribution is 0.602. The molecule has 94 valence electrons. The van der Waals surface area contributed by atoms with Crippen molar-refractivity contribution in [2.24, 2.45) is 0 Å². The van der Waals surface area contributed by atoms with E-state index in [-0.39, 0.29) is 10.7 Å². The summed E-state index contributed by atoms with van der Waals surface area (Å²) in [4.78, 5) is 4.26. The fourth-order valence-corrected chi connectivity index (χ4v) is 2.12. The third-order valence-electron chi connectivity index (χ3n) is 2.38. The highest BCUT2D eigenvalue weighted by Gasteiger charge is 2.10. The Kier molecular flexibility index (Phi) is 3.00. The molecule has 1 heterocycles. The second-order valence-corrected chi connectivity index (χ2v) is 5.91. The molecule has 0 aliphatic rings. The van der Waals surface area contributed by atoms with Crippen LogP contribution in [-0.2, 0) is 9.84 Å². The van der Waals surface area contributed by atoms with Crippen molar-refractivity contribution >= 4 is 15.7 Å². The van der Waals surface area contributed by atoms with Gasteiger partial charge in [-0.3, -0.25) is 0 Å². The van der Waals surface area contributed by atoms with Crippen LogP contribution in [0.15, 0.2) is 29.2 Å². The minimum absolute atomic E-state index is 0.248. The highest BCUT2D eigenvalue weighted by Crippen LogP contribution is 2.22. The molecule has 0 aliphatic heterocycles. The van der Waals surface area contributed by atoms with E-state index < -0.39 is 9.84 Å². The van der Waals surface area contributed by atoms with Crippen LogP contribution < -0.4 is 5.73 Å². The molecule has 6 nitrogen and oxygen atoms in total. The highest BCUT2D eigenvalue weighted by atomic mass is 32.2. The van der Waals surface area contributed by atoms with Gasteiger partial charge in [-0.25, -0.2) is 13.4 Å². The van der Waals surface area contributed by atoms with Crippen LogP contribution in [0.2, 0.25) is 0 Å². The van der Waals surface area contributed by atoms with Crippen LogP contribution in [0.4, 0.5) is 5.82 Å². The summed E-state index contributed by atoms with van der Waals surface area (Å²) < 4.78 is 22.7. The van der Waals surface area contributed by atoms with Gasteiger partial charge in [-0.15, -0.1) is 10.2 Å². The molecule has 1 aromatic heterocycles. The number of sulfone groups is 1. The van der Waals surface area contributed by atoms with Gasteiger partial charge < -0.3 is 5.73 Å². The fourth-order valence-electron chi connectivity index (χ4n) is 1.49. The van der Waals surface area contributed by atoms with E-state index in [1.54, 1.807) is 19.1 Å². The summed E-state index contributed by atoms with van der Waals surface area (Å²) in [5.41, 5.74) is 6.87. The number of hydrogen-bond acceptors (Lipinski definition) is 6. The summed E-state index contributed by atoms with van der Waals surface area (Å²) in [6.07, 6.45) is 1.16. The maximum absolute atomic E-state index is 11.3. The average Bonchev–Trinajstić information content (AvgIpc) is 2.28. The molecule has 0 aliphatic carbocycles. The summed E-state index contributed by atoms with van der Waals surface area (Å²) in [6.45, 7) is 1.69. The number of nitrogen functional groups attached to an aromatic ring is 1. The quantitative estimate of drug-likeness (QED) is 0.862. The van der Waals surface area contributed by atoms with E-state index in [1.807, 2.05) is 0 Å². The predicted octanol–water partition coefficient (Wildman–Crippen LogP) is 0.833. The predicted molar refractivity (Wildman–Crippen MR) is 67.5 cm³/mol. The van der Waals surface area contributed by atoms with E-state index in [4.69, 9.17) is 5.73 Å². The van der Waals surface area contributed by atoms with Crippen LogP contribution >= 0.6 is 0 Å². The minimum Gasteiger partial charge on any atom is -0.382 e. The molecule has 0 amide bonds. The molecule has 0 spiro atoms. The first-order chi connectivity index (χ1) is 8.38. The van der Waals surface area contributed by atoms with E-state index in [2.05, 4.69) is 15.2 Å². The van der Waals surface area contributed by atoms with Crippen LogP contribution in [-0.4, -0.2) is 29.9 Å². The van der Waals surface area contributed by atoms with Crippen molar-refractivity contribution < 1.29 is 8.42 Å². The van der Waals surface area contributed by atoms with E-state index in [0.717, 1.165) is 6.26 Å². The van der Waals surface area contributed by atoms with Crippen LogP contribution in [0, 0.1) is 6.92 Å². The van der Waals surface area contributed by atoms with Gasteiger partial charge in [-0.05, 0) is 19.1 Å². The number of aromatic nitrogens is 3. The molecule has 2 rings (SSSR count). The van der Waals surface area contributed by atoms with Crippen molar-refractivity contribution in [2.45, 2.75) is 11.8 Å². The Morgan fingerprint density at radius 1 is 1.11 bits per heavy atom. The zero-order valence-corrected chi connectivity index (χ0v) is 10.8. The van der Waals surface area contributed by atoms with Crippen LogP contribution in [0.3, 0.4) is 0 Å². The highest BCUT2D eigenvalue weighted by molar-refractivity contribution is 7.90.